The van der Waals surface area contributed by atoms with Crippen LogP contribution in [0.3, 0.4) is 0 Å². The summed E-state index contributed by atoms with van der Waals surface area (Å²) in [5.74, 6) is -0.945. The number of carbonyl (C=O) groups excluding carboxylic acids is 1. The number of para-hydroxylation sites is 1. The van der Waals surface area contributed by atoms with Crippen LogP contribution in [0.1, 0.15) is 15.4 Å². The molecule has 0 aliphatic heterocycles. The molecule has 2 aromatic carbocycles. The van der Waals surface area contributed by atoms with E-state index in [-0.39, 0.29) is 20.4 Å². The summed E-state index contributed by atoms with van der Waals surface area (Å²) in [4.78, 5) is 12.5. The molecular weight excluding hydrogens is 325 g/mol. The van der Waals surface area contributed by atoms with Crippen LogP contribution in [0.25, 0.3) is 5.69 Å². The number of hydrogen-bond donors (Lipinski definition) is 1. The maximum absolute atomic E-state index is 13.1. The number of carbonyl (C=O) groups is 1. The lowest BCUT2D eigenvalue weighted by Crippen LogP contribution is -2.12. The van der Waals surface area contributed by atoms with Gasteiger partial charge in [0.1, 0.15) is 5.82 Å². The molecule has 0 spiro atoms. The van der Waals surface area contributed by atoms with Crippen LogP contribution in [0.4, 0.5) is 4.39 Å². The van der Waals surface area contributed by atoms with Gasteiger partial charge in [-0.05, 0) is 30.3 Å². The fourth-order valence-electron chi connectivity index (χ4n) is 1.92. The zero-order valence-corrected chi connectivity index (χ0v) is 12.7. The average Bonchev–Trinajstić information content (AvgIpc) is 2.89. The van der Waals surface area contributed by atoms with Gasteiger partial charge >= 0.3 is 0 Å². The SMILES string of the molecule is N=c1sc(C(=O)c2ccc(F)cc2Cl)nn1-c1ccccc1. The van der Waals surface area contributed by atoms with Gasteiger partial charge in [-0.3, -0.25) is 10.2 Å². The summed E-state index contributed by atoms with van der Waals surface area (Å²) < 4.78 is 14.4. The normalized spacial score (nSPS) is 10.6. The monoisotopic (exact) mass is 333 g/mol. The zero-order valence-electron chi connectivity index (χ0n) is 11.1. The Hall–Kier alpha value is -2.31. The van der Waals surface area contributed by atoms with Gasteiger partial charge in [0.2, 0.25) is 10.6 Å². The maximum atomic E-state index is 13.1. The topological polar surface area (TPSA) is 58.7 Å². The van der Waals surface area contributed by atoms with Gasteiger partial charge in [-0.25, -0.2) is 9.07 Å². The lowest BCUT2D eigenvalue weighted by molar-refractivity contribution is 0.103. The van der Waals surface area contributed by atoms with Crippen LogP contribution in [-0.2, 0) is 0 Å². The molecule has 0 amide bonds. The fourth-order valence-corrected chi connectivity index (χ4v) is 2.91. The molecule has 1 heterocycles. The summed E-state index contributed by atoms with van der Waals surface area (Å²) >= 11 is 6.84. The molecule has 1 aromatic heterocycles. The molecular formula is C15H9ClFN3OS. The third-order valence-corrected chi connectivity index (χ3v) is 4.09. The lowest BCUT2D eigenvalue weighted by Gasteiger charge is -2.01. The van der Waals surface area contributed by atoms with Crippen LogP contribution in [0.5, 0.6) is 0 Å². The third kappa shape index (κ3) is 2.70. The number of rotatable bonds is 3. The smallest absolute Gasteiger partial charge is 0.225 e. The summed E-state index contributed by atoms with van der Waals surface area (Å²) in [7, 11) is 0. The van der Waals surface area contributed by atoms with Crippen molar-refractivity contribution >= 4 is 28.7 Å². The fraction of sp³-hybridized carbons (Fsp3) is 0. The second-order valence-corrected chi connectivity index (χ2v) is 5.80. The number of aromatic nitrogens is 2. The minimum Gasteiger partial charge on any atom is -0.286 e. The summed E-state index contributed by atoms with van der Waals surface area (Å²) in [6.07, 6.45) is 0. The Balaban J connectivity index is 2.03. The summed E-state index contributed by atoms with van der Waals surface area (Å²) in [6.45, 7) is 0. The zero-order chi connectivity index (χ0) is 15.7. The van der Waals surface area contributed by atoms with Crippen molar-refractivity contribution in [1.29, 1.82) is 5.41 Å². The van der Waals surface area contributed by atoms with E-state index in [1.807, 2.05) is 18.2 Å². The van der Waals surface area contributed by atoms with Crippen LogP contribution in [0.15, 0.2) is 48.5 Å². The van der Waals surface area contributed by atoms with E-state index in [0.29, 0.717) is 5.69 Å². The Morgan fingerprint density at radius 1 is 1.23 bits per heavy atom. The van der Waals surface area contributed by atoms with Crippen molar-refractivity contribution in [3.05, 3.63) is 74.7 Å². The number of benzene rings is 2. The predicted octanol–water partition coefficient (Wildman–Crippen LogP) is 3.44. The van der Waals surface area contributed by atoms with Gasteiger partial charge in [-0.15, -0.1) is 0 Å². The highest BCUT2D eigenvalue weighted by Crippen LogP contribution is 2.21. The first kappa shape index (κ1) is 14.6. The van der Waals surface area contributed by atoms with Crippen molar-refractivity contribution in [2.75, 3.05) is 0 Å². The van der Waals surface area contributed by atoms with Gasteiger partial charge in [-0.1, -0.05) is 41.1 Å². The molecule has 3 aromatic rings. The van der Waals surface area contributed by atoms with Crippen molar-refractivity contribution in [2.45, 2.75) is 0 Å². The van der Waals surface area contributed by atoms with E-state index in [9.17, 15) is 9.18 Å². The Labute approximate surface area is 133 Å². The van der Waals surface area contributed by atoms with Crippen LogP contribution in [0.2, 0.25) is 5.02 Å². The third-order valence-electron chi connectivity index (χ3n) is 2.95. The summed E-state index contributed by atoms with van der Waals surface area (Å²) in [6, 6.07) is 12.6. The molecule has 0 atom stereocenters. The largest absolute Gasteiger partial charge is 0.286 e. The molecule has 22 heavy (non-hydrogen) atoms. The molecule has 0 aliphatic rings. The predicted molar refractivity (Wildman–Crippen MR) is 82.1 cm³/mol. The summed E-state index contributed by atoms with van der Waals surface area (Å²) in [5, 5.41) is 12.3. The highest BCUT2D eigenvalue weighted by molar-refractivity contribution is 7.11. The average molecular weight is 334 g/mol. The van der Waals surface area contributed by atoms with Crippen molar-refractivity contribution in [1.82, 2.24) is 9.78 Å². The van der Waals surface area contributed by atoms with Gasteiger partial charge in [0.25, 0.3) is 0 Å². The minimum absolute atomic E-state index is 0.0259. The van der Waals surface area contributed by atoms with E-state index in [1.165, 1.54) is 16.8 Å². The highest BCUT2D eigenvalue weighted by Gasteiger charge is 2.18. The quantitative estimate of drug-likeness (QED) is 0.746. The van der Waals surface area contributed by atoms with Crippen molar-refractivity contribution < 1.29 is 9.18 Å². The molecule has 7 heteroatoms. The van der Waals surface area contributed by atoms with E-state index in [2.05, 4.69) is 5.10 Å². The van der Waals surface area contributed by atoms with Crippen molar-refractivity contribution in [3.8, 4) is 5.69 Å². The van der Waals surface area contributed by atoms with Crippen LogP contribution >= 0.6 is 22.9 Å². The van der Waals surface area contributed by atoms with Crippen molar-refractivity contribution in [3.63, 3.8) is 0 Å². The van der Waals surface area contributed by atoms with E-state index >= 15 is 0 Å². The number of ketones is 1. The Morgan fingerprint density at radius 3 is 2.64 bits per heavy atom. The van der Waals surface area contributed by atoms with Gasteiger partial charge in [0.05, 0.1) is 10.7 Å². The summed E-state index contributed by atoms with van der Waals surface area (Å²) in [5.41, 5.74) is 0.852. The van der Waals surface area contributed by atoms with E-state index < -0.39 is 11.6 Å². The molecule has 0 radical (unpaired) electrons. The first-order chi connectivity index (χ1) is 10.6. The molecule has 3 rings (SSSR count). The number of halogens is 2. The van der Waals surface area contributed by atoms with Gasteiger partial charge in [0.15, 0.2) is 5.01 Å². The number of hydrogen-bond acceptors (Lipinski definition) is 4. The molecule has 0 saturated carbocycles. The maximum Gasteiger partial charge on any atom is 0.225 e. The molecule has 0 fully saturated rings. The van der Waals surface area contributed by atoms with Crippen LogP contribution in [0, 0.1) is 11.2 Å². The molecule has 110 valence electrons. The molecule has 0 bridgehead atoms. The number of nitrogens with zero attached hydrogens (tertiary/aromatic N) is 2. The second-order valence-electron chi connectivity index (χ2n) is 4.41. The van der Waals surface area contributed by atoms with Crippen LogP contribution < -0.4 is 4.80 Å². The van der Waals surface area contributed by atoms with Crippen molar-refractivity contribution in [2.24, 2.45) is 0 Å². The first-order valence-corrected chi connectivity index (χ1v) is 7.45. The highest BCUT2D eigenvalue weighted by atomic mass is 35.5. The standard InChI is InChI=1S/C15H9ClFN3OS/c16-12-8-9(17)6-7-11(12)13(21)14-19-20(15(18)22-14)10-4-2-1-3-5-10/h1-8,18H. The lowest BCUT2D eigenvalue weighted by atomic mass is 10.1. The van der Waals surface area contributed by atoms with Gasteiger partial charge in [0, 0.05) is 5.56 Å². The van der Waals surface area contributed by atoms with E-state index in [4.69, 9.17) is 17.0 Å². The molecule has 0 unspecified atom stereocenters. The van der Waals surface area contributed by atoms with E-state index in [1.54, 1.807) is 12.1 Å². The molecule has 0 aliphatic carbocycles. The minimum atomic E-state index is -0.513. The Morgan fingerprint density at radius 2 is 1.95 bits per heavy atom. The number of nitrogens with one attached hydrogen (secondary N) is 1. The van der Waals surface area contributed by atoms with Crippen LogP contribution in [-0.4, -0.2) is 15.6 Å². The molecule has 4 nitrogen and oxygen atoms in total. The van der Waals surface area contributed by atoms with Gasteiger partial charge < -0.3 is 0 Å². The van der Waals surface area contributed by atoms with Gasteiger partial charge in [-0.2, -0.15) is 5.10 Å². The Kier molecular flexibility index (Phi) is 3.87. The Bertz CT molecular complexity index is 905. The first-order valence-electron chi connectivity index (χ1n) is 6.26. The second kappa shape index (κ2) is 5.82. The molecule has 1 N–H and O–H groups in total. The van der Waals surface area contributed by atoms with E-state index in [0.717, 1.165) is 17.4 Å². The molecule has 0 saturated heterocycles.